The van der Waals surface area contributed by atoms with E-state index in [2.05, 4.69) is 0 Å². The van der Waals surface area contributed by atoms with Crippen LogP contribution in [-0.2, 0) is 0 Å². The molecule has 5 atom stereocenters. The molecule has 4 bridgehead atoms. The number of hydrogen-bond donors (Lipinski definition) is 0. The molecule has 3 heteroatoms. The molecular formula is C13H13FN2. The van der Waals surface area contributed by atoms with Crippen molar-refractivity contribution >= 4 is 0 Å². The maximum atomic E-state index is 14.1. The topological polar surface area (TPSA) is 47.6 Å². The molecule has 0 aromatic heterocycles. The molecule has 0 aromatic carbocycles. The Labute approximate surface area is 94.4 Å². The third kappa shape index (κ3) is 1.15. The van der Waals surface area contributed by atoms with E-state index < -0.39 is 6.17 Å². The van der Waals surface area contributed by atoms with Gasteiger partial charge in [0.15, 0.2) is 0 Å². The standard InChI is InChI=1S/C13H13FN2/c14-13-9-2-7-1-8(4-9)12(11(13)3-7)10(5-15)6-16/h7-9,11,13H,1-4H2/t7?,8?,9?,11?,13-/m0/s1. The second-order valence-corrected chi connectivity index (χ2v) is 5.37. The van der Waals surface area contributed by atoms with Gasteiger partial charge in [-0.1, -0.05) is 0 Å². The summed E-state index contributed by atoms with van der Waals surface area (Å²) in [6, 6.07) is 3.90. The summed E-state index contributed by atoms with van der Waals surface area (Å²) in [5, 5.41) is 17.9. The van der Waals surface area contributed by atoms with Crippen molar-refractivity contribution < 1.29 is 4.39 Å². The van der Waals surface area contributed by atoms with Crippen molar-refractivity contribution in [2.75, 3.05) is 0 Å². The van der Waals surface area contributed by atoms with Crippen LogP contribution in [0, 0.1) is 46.3 Å². The molecule has 4 fully saturated rings. The van der Waals surface area contributed by atoms with Gasteiger partial charge in [0.25, 0.3) is 0 Å². The monoisotopic (exact) mass is 216 g/mol. The maximum absolute atomic E-state index is 14.1. The van der Waals surface area contributed by atoms with Gasteiger partial charge in [0.1, 0.15) is 23.9 Å². The van der Waals surface area contributed by atoms with Crippen LogP contribution in [0.4, 0.5) is 4.39 Å². The minimum Gasteiger partial charge on any atom is -0.247 e. The van der Waals surface area contributed by atoms with Crippen LogP contribution in [0.1, 0.15) is 25.7 Å². The minimum atomic E-state index is -0.806. The summed E-state index contributed by atoms with van der Waals surface area (Å²) >= 11 is 0. The molecular weight excluding hydrogens is 203 g/mol. The number of alkyl halides is 1. The zero-order chi connectivity index (χ0) is 11.3. The summed E-state index contributed by atoms with van der Waals surface area (Å²) in [4.78, 5) is 0. The van der Waals surface area contributed by atoms with Gasteiger partial charge in [-0.25, -0.2) is 4.39 Å². The van der Waals surface area contributed by atoms with Crippen LogP contribution in [0.2, 0.25) is 0 Å². The van der Waals surface area contributed by atoms with Crippen LogP contribution in [0.25, 0.3) is 0 Å². The molecule has 4 saturated carbocycles. The Hall–Kier alpha value is -1.35. The fourth-order valence-corrected chi connectivity index (χ4v) is 4.15. The van der Waals surface area contributed by atoms with Crippen molar-refractivity contribution in [2.24, 2.45) is 23.7 Å². The van der Waals surface area contributed by atoms with E-state index in [9.17, 15) is 4.39 Å². The Bertz CT molecular complexity index is 424. The van der Waals surface area contributed by atoms with E-state index in [1.54, 1.807) is 0 Å². The Morgan fingerprint density at radius 2 is 1.88 bits per heavy atom. The van der Waals surface area contributed by atoms with Crippen LogP contribution < -0.4 is 0 Å². The molecule has 0 spiro atoms. The van der Waals surface area contributed by atoms with E-state index in [0.29, 0.717) is 11.8 Å². The first-order valence-electron chi connectivity index (χ1n) is 5.93. The number of nitrogens with zero attached hydrogens (tertiary/aromatic N) is 2. The lowest BCUT2D eigenvalue weighted by Crippen LogP contribution is -2.48. The lowest BCUT2D eigenvalue weighted by molar-refractivity contribution is -0.0119. The number of rotatable bonds is 0. The number of hydrogen-bond acceptors (Lipinski definition) is 2. The SMILES string of the molecule is N#CC(C#N)=C1C2CC3CC(C2)[C@H](F)C1C3. The largest absolute Gasteiger partial charge is 0.247 e. The predicted octanol–water partition coefficient (Wildman–Crippen LogP) is 2.73. The maximum Gasteiger partial charge on any atom is 0.129 e. The van der Waals surface area contributed by atoms with Gasteiger partial charge in [-0.3, -0.25) is 0 Å². The highest BCUT2D eigenvalue weighted by Crippen LogP contribution is 2.57. The second kappa shape index (κ2) is 3.32. The van der Waals surface area contributed by atoms with Crippen LogP contribution in [0.3, 0.4) is 0 Å². The van der Waals surface area contributed by atoms with Gasteiger partial charge in [0.05, 0.1) is 0 Å². The van der Waals surface area contributed by atoms with E-state index in [1.165, 1.54) is 0 Å². The lowest BCUT2D eigenvalue weighted by atomic mass is 9.53. The molecule has 0 N–H and O–H groups in total. The van der Waals surface area contributed by atoms with Gasteiger partial charge in [-0.05, 0) is 49.0 Å². The normalized spacial score (nSPS) is 43.9. The first kappa shape index (κ1) is 9.85. The Kier molecular flexibility index (Phi) is 2.04. The molecule has 0 radical (unpaired) electrons. The Morgan fingerprint density at radius 1 is 1.12 bits per heavy atom. The first-order chi connectivity index (χ1) is 7.74. The quantitative estimate of drug-likeness (QED) is 0.584. The predicted molar refractivity (Wildman–Crippen MR) is 55.6 cm³/mol. The zero-order valence-corrected chi connectivity index (χ0v) is 8.99. The van der Waals surface area contributed by atoms with Crippen molar-refractivity contribution in [3.8, 4) is 12.1 Å². The van der Waals surface area contributed by atoms with Crippen LogP contribution in [-0.4, -0.2) is 6.17 Å². The average Bonchev–Trinajstić information content (AvgIpc) is 2.29. The van der Waals surface area contributed by atoms with Crippen LogP contribution in [0.15, 0.2) is 11.1 Å². The molecule has 4 aliphatic carbocycles. The van der Waals surface area contributed by atoms with Crippen molar-refractivity contribution in [3.63, 3.8) is 0 Å². The molecule has 0 amide bonds. The van der Waals surface area contributed by atoms with E-state index >= 15 is 0 Å². The lowest BCUT2D eigenvalue weighted by Gasteiger charge is -2.53. The van der Waals surface area contributed by atoms with Crippen molar-refractivity contribution in [1.82, 2.24) is 0 Å². The second-order valence-electron chi connectivity index (χ2n) is 5.37. The molecule has 4 rings (SSSR count). The van der Waals surface area contributed by atoms with E-state index in [1.807, 2.05) is 12.1 Å². The summed E-state index contributed by atoms with van der Waals surface area (Å²) in [5.41, 5.74) is 1.04. The van der Waals surface area contributed by atoms with Gasteiger partial charge >= 0.3 is 0 Å². The van der Waals surface area contributed by atoms with E-state index in [4.69, 9.17) is 10.5 Å². The Balaban J connectivity index is 2.07. The summed E-state index contributed by atoms with van der Waals surface area (Å²) in [7, 11) is 0. The van der Waals surface area contributed by atoms with Crippen LogP contribution in [0.5, 0.6) is 0 Å². The third-order valence-electron chi connectivity index (χ3n) is 4.61. The number of nitriles is 2. The highest BCUT2D eigenvalue weighted by Gasteiger charge is 2.52. The molecule has 82 valence electrons. The van der Waals surface area contributed by atoms with E-state index in [0.717, 1.165) is 31.3 Å². The molecule has 2 nitrogen and oxygen atoms in total. The summed E-state index contributed by atoms with van der Waals surface area (Å²) in [6.07, 6.45) is 3.00. The highest BCUT2D eigenvalue weighted by molar-refractivity contribution is 5.44. The first-order valence-corrected chi connectivity index (χ1v) is 5.93. The van der Waals surface area contributed by atoms with Gasteiger partial charge < -0.3 is 0 Å². The molecule has 0 aliphatic heterocycles. The molecule has 16 heavy (non-hydrogen) atoms. The molecule has 0 aromatic rings. The van der Waals surface area contributed by atoms with E-state index in [-0.39, 0.29) is 17.4 Å². The summed E-state index contributed by atoms with van der Waals surface area (Å²) in [5.74, 6) is 1.04. The highest BCUT2D eigenvalue weighted by atomic mass is 19.1. The van der Waals surface area contributed by atoms with Crippen molar-refractivity contribution in [1.29, 1.82) is 10.5 Å². The van der Waals surface area contributed by atoms with Crippen LogP contribution >= 0.6 is 0 Å². The van der Waals surface area contributed by atoms with Gasteiger partial charge in [-0.15, -0.1) is 0 Å². The minimum absolute atomic E-state index is 0.120. The van der Waals surface area contributed by atoms with Crippen molar-refractivity contribution in [2.45, 2.75) is 31.9 Å². The molecule has 4 aliphatic rings. The third-order valence-corrected chi connectivity index (χ3v) is 4.61. The van der Waals surface area contributed by atoms with Gasteiger partial charge in [0.2, 0.25) is 0 Å². The van der Waals surface area contributed by atoms with Gasteiger partial charge in [0, 0.05) is 5.92 Å². The fraction of sp³-hybridized carbons (Fsp3) is 0.692. The number of allylic oxidation sites excluding steroid dienone is 2. The van der Waals surface area contributed by atoms with Crippen molar-refractivity contribution in [3.05, 3.63) is 11.1 Å². The molecule has 0 saturated heterocycles. The Morgan fingerprint density at radius 3 is 2.56 bits per heavy atom. The smallest absolute Gasteiger partial charge is 0.129 e. The summed E-state index contributed by atoms with van der Waals surface area (Å²) in [6.45, 7) is 0. The zero-order valence-electron chi connectivity index (χ0n) is 8.99. The fourth-order valence-electron chi connectivity index (χ4n) is 4.15. The average molecular weight is 216 g/mol. The number of halogens is 1. The summed E-state index contributed by atoms with van der Waals surface area (Å²) < 4.78 is 14.1. The molecule has 4 unspecified atom stereocenters. The van der Waals surface area contributed by atoms with Gasteiger partial charge in [-0.2, -0.15) is 10.5 Å². The molecule has 0 heterocycles.